The summed E-state index contributed by atoms with van der Waals surface area (Å²) in [5, 5.41) is 10.9. The van der Waals surface area contributed by atoms with Crippen molar-refractivity contribution in [3.8, 4) is 11.5 Å². The molecule has 13 heteroatoms. The summed E-state index contributed by atoms with van der Waals surface area (Å²) in [6.07, 6.45) is 1.46. The van der Waals surface area contributed by atoms with Crippen LogP contribution in [0, 0.1) is 5.41 Å². The molecule has 3 aromatic rings. The van der Waals surface area contributed by atoms with Crippen molar-refractivity contribution in [1.29, 1.82) is 5.41 Å². The monoisotopic (exact) mass is 589 g/mol. The summed E-state index contributed by atoms with van der Waals surface area (Å²) >= 11 is 0. The van der Waals surface area contributed by atoms with Gasteiger partial charge in [-0.25, -0.2) is 21.6 Å². The van der Waals surface area contributed by atoms with Crippen LogP contribution in [0.15, 0.2) is 66.7 Å². The Bertz CT molecular complexity index is 1510. The molecule has 6 N–H and O–H groups in total. The number of anilines is 2. The van der Waals surface area contributed by atoms with Crippen LogP contribution in [-0.2, 0) is 26.7 Å². The second-order valence-electron chi connectivity index (χ2n) is 9.09. The van der Waals surface area contributed by atoms with Crippen LogP contribution < -0.4 is 30.0 Å². The first-order chi connectivity index (χ1) is 18.9. The van der Waals surface area contributed by atoms with E-state index in [-0.39, 0.29) is 30.4 Å². The molecule has 0 saturated carbocycles. The standard InChI is InChI=1S/C27H35N5O6S2/c1-4-14-40(35,36)30-17-24(31-21-12-10-20(11-13-21)27(28)29)22-15-25(37-2)26(16-23(22)32-39(3,33)34)38-18-19-8-6-5-7-9-19/h5-13,15-16,24,30-32H,4,14,17-18H2,1-3H3,(H3,28,29). The lowest BCUT2D eigenvalue weighted by atomic mass is 10.0. The van der Waals surface area contributed by atoms with Gasteiger partial charge < -0.3 is 20.5 Å². The molecular formula is C27H35N5O6S2. The molecule has 3 aromatic carbocycles. The summed E-state index contributed by atoms with van der Waals surface area (Å²) in [5.74, 6) is 0.486. The summed E-state index contributed by atoms with van der Waals surface area (Å²) in [4.78, 5) is 0. The third-order valence-electron chi connectivity index (χ3n) is 5.76. The molecule has 1 atom stereocenters. The maximum Gasteiger partial charge on any atom is 0.229 e. The largest absolute Gasteiger partial charge is 0.493 e. The minimum absolute atomic E-state index is 0.0585. The molecule has 40 heavy (non-hydrogen) atoms. The number of amidine groups is 1. The fraction of sp³-hybridized carbons (Fsp3) is 0.296. The fourth-order valence-corrected chi connectivity index (χ4v) is 5.58. The van der Waals surface area contributed by atoms with E-state index in [4.69, 9.17) is 20.6 Å². The van der Waals surface area contributed by atoms with Crippen LogP contribution in [0.3, 0.4) is 0 Å². The lowest BCUT2D eigenvalue weighted by molar-refractivity contribution is 0.284. The zero-order chi connectivity index (χ0) is 29.3. The summed E-state index contributed by atoms with van der Waals surface area (Å²) in [6, 6.07) is 18.6. The first-order valence-corrected chi connectivity index (χ1v) is 16.0. The van der Waals surface area contributed by atoms with E-state index in [2.05, 4.69) is 14.8 Å². The molecule has 11 nitrogen and oxygen atoms in total. The average Bonchev–Trinajstić information content (AvgIpc) is 2.90. The third kappa shape index (κ3) is 9.14. The molecule has 1 unspecified atom stereocenters. The van der Waals surface area contributed by atoms with E-state index in [0.717, 1.165) is 11.8 Å². The zero-order valence-electron chi connectivity index (χ0n) is 22.6. The molecular weight excluding hydrogens is 554 g/mol. The third-order valence-corrected chi connectivity index (χ3v) is 7.90. The smallest absolute Gasteiger partial charge is 0.229 e. The van der Waals surface area contributed by atoms with Crippen LogP contribution in [0.1, 0.15) is 36.1 Å². The van der Waals surface area contributed by atoms with Crippen LogP contribution >= 0.6 is 0 Å². The van der Waals surface area contributed by atoms with E-state index >= 15 is 0 Å². The number of sulfonamides is 2. The number of nitrogens with one attached hydrogen (secondary N) is 4. The number of hydrogen-bond acceptors (Lipinski definition) is 8. The van der Waals surface area contributed by atoms with Gasteiger partial charge in [-0.05, 0) is 42.3 Å². The maximum absolute atomic E-state index is 12.5. The van der Waals surface area contributed by atoms with Crippen molar-refractivity contribution in [3.05, 3.63) is 83.4 Å². The molecule has 0 fully saturated rings. The van der Waals surface area contributed by atoms with Gasteiger partial charge >= 0.3 is 0 Å². The van der Waals surface area contributed by atoms with Gasteiger partial charge in [0.2, 0.25) is 20.0 Å². The second kappa shape index (κ2) is 13.5. The molecule has 0 saturated heterocycles. The number of benzene rings is 3. The van der Waals surface area contributed by atoms with Crippen molar-refractivity contribution in [2.75, 3.05) is 35.7 Å². The van der Waals surface area contributed by atoms with Crippen molar-refractivity contribution in [1.82, 2.24) is 4.72 Å². The Labute approximate surface area is 235 Å². The Balaban J connectivity index is 2.06. The van der Waals surface area contributed by atoms with Crippen LogP contribution in [0.25, 0.3) is 0 Å². The predicted octanol–water partition coefficient (Wildman–Crippen LogP) is 3.41. The summed E-state index contributed by atoms with van der Waals surface area (Å²) in [7, 11) is -5.85. The van der Waals surface area contributed by atoms with Gasteiger partial charge in [-0.15, -0.1) is 0 Å². The molecule has 0 bridgehead atoms. The average molecular weight is 590 g/mol. The molecule has 0 heterocycles. The van der Waals surface area contributed by atoms with E-state index in [0.29, 0.717) is 34.7 Å². The topological polar surface area (TPSA) is 173 Å². The van der Waals surface area contributed by atoms with Gasteiger partial charge in [-0.1, -0.05) is 37.3 Å². The lowest BCUT2D eigenvalue weighted by Crippen LogP contribution is -2.33. The molecule has 0 radical (unpaired) electrons. The normalized spacial score (nSPS) is 12.4. The Morgan fingerprint density at radius 2 is 1.68 bits per heavy atom. The van der Waals surface area contributed by atoms with Gasteiger partial charge in [0.15, 0.2) is 11.5 Å². The van der Waals surface area contributed by atoms with Gasteiger partial charge in [0.25, 0.3) is 0 Å². The molecule has 0 aliphatic heterocycles. The maximum atomic E-state index is 12.5. The van der Waals surface area contributed by atoms with E-state index in [1.807, 2.05) is 30.3 Å². The summed E-state index contributed by atoms with van der Waals surface area (Å²) in [5.41, 5.74) is 8.20. The van der Waals surface area contributed by atoms with Crippen LogP contribution in [0.4, 0.5) is 11.4 Å². The van der Waals surface area contributed by atoms with Crippen molar-refractivity contribution >= 4 is 37.3 Å². The van der Waals surface area contributed by atoms with Crippen molar-refractivity contribution in [2.45, 2.75) is 26.0 Å². The van der Waals surface area contributed by atoms with Crippen LogP contribution in [0.2, 0.25) is 0 Å². The highest BCUT2D eigenvalue weighted by Gasteiger charge is 2.23. The number of nitrogens with two attached hydrogens (primary N) is 1. The van der Waals surface area contributed by atoms with Crippen molar-refractivity contribution in [2.24, 2.45) is 5.73 Å². The van der Waals surface area contributed by atoms with Crippen molar-refractivity contribution < 1.29 is 26.3 Å². The molecule has 0 aliphatic carbocycles. The Kier molecular flexibility index (Phi) is 10.4. The number of rotatable bonds is 15. The fourth-order valence-electron chi connectivity index (χ4n) is 3.90. The molecule has 0 aromatic heterocycles. The lowest BCUT2D eigenvalue weighted by Gasteiger charge is -2.25. The molecule has 216 valence electrons. The van der Waals surface area contributed by atoms with Crippen LogP contribution in [0.5, 0.6) is 11.5 Å². The number of ether oxygens (including phenoxy) is 2. The quantitative estimate of drug-likeness (QED) is 0.132. The minimum atomic E-state index is -3.73. The van der Waals surface area contributed by atoms with E-state index in [1.165, 1.54) is 13.2 Å². The zero-order valence-corrected chi connectivity index (χ0v) is 24.2. The Morgan fingerprint density at radius 3 is 2.25 bits per heavy atom. The Morgan fingerprint density at radius 1 is 1.00 bits per heavy atom. The van der Waals surface area contributed by atoms with E-state index in [1.54, 1.807) is 37.3 Å². The number of hydrogen-bond donors (Lipinski definition) is 5. The molecule has 0 aliphatic rings. The summed E-state index contributed by atoms with van der Waals surface area (Å²) in [6.45, 7) is 1.89. The van der Waals surface area contributed by atoms with Crippen LogP contribution in [-0.4, -0.2) is 48.3 Å². The van der Waals surface area contributed by atoms with E-state index in [9.17, 15) is 16.8 Å². The number of nitrogen functional groups attached to an aromatic ring is 1. The highest BCUT2D eigenvalue weighted by atomic mass is 32.2. The molecule has 0 spiro atoms. The highest BCUT2D eigenvalue weighted by molar-refractivity contribution is 7.92. The molecule has 3 rings (SSSR count). The Hall–Kier alpha value is -3.81. The highest BCUT2D eigenvalue weighted by Crippen LogP contribution is 2.38. The van der Waals surface area contributed by atoms with Gasteiger partial charge in [-0.2, -0.15) is 0 Å². The number of methoxy groups -OCH3 is 1. The van der Waals surface area contributed by atoms with E-state index < -0.39 is 26.1 Å². The van der Waals surface area contributed by atoms with Gasteiger partial charge in [0.1, 0.15) is 12.4 Å². The predicted molar refractivity (Wildman–Crippen MR) is 158 cm³/mol. The second-order valence-corrected chi connectivity index (χ2v) is 12.8. The van der Waals surface area contributed by atoms with Gasteiger partial charge in [-0.3, -0.25) is 10.1 Å². The first kappa shape index (κ1) is 30.7. The SMILES string of the molecule is CCCS(=O)(=O)NCC(Nc1ccc(C(=N)N)cc1)c1cc(OC)c(OCc2ccccc2)cc1NS(C)(=O)=O. The van der Waals surface area contributed by atoms with Crippen molar-refractivity contribution in [3.63, 3.8) is 0 Å². The summed E-state index contributed by atoms with van der Waals surface area (Å²) < 4.78 is 66.4. The van der Waals surface area contributed by atoms with Gasteiger partial charge in [0, 0.05) is 29.4 Å². The molecule has 0 amide bonds. The van der Waals surface area contributed by atoms with Gasteiger partial charge in [0.05, 0.1) is 30.8 Å². The first-order valence-electron chi connectivity index (χ1n) is 12.5. The minimum Gasteiger partial charge on any atom is -0.493 e.